The van der Waals surface area contributed by atoms with Crippen LogP contribution in [0.5, 0.6) is 0 Å². The van der Waals surface area contributed by atoms with Gasteiger partial charge in [-0.2, -0.15) is 0 Å². The van der Waals surface area contributed by atoms with Crippen LogP contribution in [0.1, 0.15) is 77.0 Å². The number of hydrogen-bond acceptors (Lipinski definition) is 1. The largest absolute Gasteiger partial charge is 0.293 e. The smallest absolute Gasteiger partial charge is 0.0165 e. The molecule has 0 aromatic carbocycles. The minimum absolute atomic E-state index is 0.759. The quantitative estimate of drug-likeness (QED) is 0.589. The first-order valence-electron chi connectivity index (χ1n) is 10.4. The number of rotatable bonds is 2. The minimum Gasteiger partial charge on any atom is -0.293 e. The maximum absolute atomic E-state index is 4.09. The van der Waals surface area contributed by atoms with Gasteiger partial charge in [0.2, 0.25) is 0 Å². The van der Waals surface area contributed by atoms with Crippen molar-refractivity contribution in [2.75, 3.05) is 0 Å². The van der Waals surface area contributed by atoms with Crippen LogP contribution in [0.3, 0.4) is 0 Å². The van der Waals surface area contributed by atoms with Crippen LogP contribution in [0, 0.1) is 17.8 Å². The van der Waals surface area contributed by atoms with E-state index in [0.29, 0.717) is 0 Å². The highest BCUT2D eigenvalue weighted by Crippen LogP contribution is 2.44. The van der Waals surface area contributed by atoms with Gasteiger partial charge < -0.3 is 0 Å². The molecule has 23 heavy (non-hydrogen) atoms. The van der Waals surface area contributed by atoms with Crippen LogP contribution in [0.2, 0.25) is 0 Å². The molecule has 3 saturated carbocycles. The number of allylic oxidation sites excluding steroid dienone is 1. The summed E-state index contributed by atoms with van der Waals surface area (Å²) < 4.78 is 0. The Bertz CT molecular complexity index is 433. The van der Waals surface area contributed by atoms with E-state index in [2.05, 4.69) is 29.7 Å². The number of fused-ring (bicyclic) bond motifs is 2. The molecule has 0 aromatic heterocycles. The molecule has 0 N–H and O–H groups in total. The predicted molar refractivity (Wildman–Crippen MR) is 98.4 cm³/mol. The van der Waals surface area contributed by atoms with Gasteiger partial charge >= 0.3 is 0 Å². The van der Waals surface area contributed by atoms with Crippen molar-refractivity contribution >= 4 is 0 Å². The molecule has 128 valence electrons. The fourth-order valence-electron chi connectivity index (χ4n) is 6.20. The van der Waals surface area contributed by atoms with Crippen LogP contribution in [0.25, 0.3) is 0 Å². The highest BCUT2D eigenvalue weighted by atomic mass is 15.2. The number of hydrogen-bond donors (Lipinski definition) is 0. The van der Waals surface area contributed by atoms with Gasteiger partial charge in [0.25, 0.3) is 0 Å². The van der Waals surface area contributed by atoms with Crippen LogP contribution in [0.4, 0.5) is 0 Å². The minimum atomic E-state index is 0.759. The maximum Gasteiger partial charge on any atom is 0.0165 e. The summed E-state index contributed by atoms with van der Waals surface area (Å²) in [6.45, 7) is 4.09. The van der Waals surface area contributed by atoms with Gasteiger partial charge in [0.15, 0.2) is 0 Å². The van der Waals surface area contributed by atoms with Crippen molar-refractivity contribution in [2.45, 2.75) is 95.2 Å². The third kappa shape index (κ3) is 3.18. The molecule has 1 heterocycles. The van der Waals surface area contributed by atoms with E-state index in [4.69, 9.17) is 0 Å². The Kier molecular flexibility index (Phi) is 4.94. The summed E-state index contributed by atoms with van der Waals surface area (Å²) in [6.07, 6.45) is 24.8. The van der Waals surface area contributed by atoms with E-state index in [-0.39, 0.29) is 0 Å². The molecule has 1 aliphatic heterocycles. The Morgan fingerprint density at radius 2 is 1.43 bits per heavy atom. The second kappa shape index (κ2) is 7.13. The molecular weight excluding hydrogens is 278 g/mol. The lowest BCUT2D eigenvalue weighted by atomic mass is 9.75. The summed E-state index contributed by atoms with van der Waals surface area (Å²) in [7, 11) is 0. The SMILES string of the molecule is C=CC1CCC2C(C=CC3CCCCC3N2C2CCCCC2)C1. The topological polar surface area (TPSA) is 3.24 Å². The Labute approximate surface area is 143 Å². The lowest BCUT2D eigenvalue weighted by molar-refractivity contribution is -0.00679. The Morgan fingerprint density at radius 3 is 2.26 bits per heavy atom. The summed E-state index contributed by atoms with van der Waals surface area (Å²) in [5, 5.41) is 0. The number of nitrogens with zero attached hydrogens (tertiary/aromatic N) is 1. The van der Waals surface area contributed by atoms with Gasteiger partial charge in [-0.3, -0.25) is 4.90 Å². The third-order valence-corrected chi connectivity index (χ3v) is 7.39. The van der Waals surface area contributed by atoms with Crippen LogP contribution < -0.4 is 0 Å². The summed E-state index contributed by atoms with van der Waals surface area (Å²) >= 11 is 0. The van der Waals surface area contributed by atoms with E-state index in [1.54, 1.807) is 0 Å². The molecule has 3 aliphatic carbocycles. The van der Waals surface area contributed by atoms with Crippen LogP contribution >= 0.6 is 0 Å². The van der Waals surface area contributed by atoms with Gasteiger partial charge in [-0.05, 0) is 62.7 Å². The van der Waals surface area contributed by atoms with Crippen molar-refractivity contribution < 1.29 is 0 Å². The van der Waals surface area contributed by atoms with Crippen LogP contribution in [0.15, 0.2) is 24.8 Å². The van der Waals surface area contributed by atoms with Gasteiger partial charge in [0.05, 0.1) is 0 Å². The first kappa shape index (κ1) is 15.9. The summed E-state index contributed by atoms with van der Waals surface area (Å²) in [5.74, 6) is 2.40. The fourth-order valence-corrected chi connectivity index (χ4v) is 6.20. The summed E-state index contributed by atoms with van der Waals surface area (Å²) in [6, 6.07) is 2.58. The Balaban J connectivity index is 1.62. The molecule has 1 heteroatoms. The predicted octanol–water partition coefficient (Wildman–Crippen LogP) is 5.72. The van der Waals surface area contributed by atoms with E-state index in [0.717, 1.165) is 35.9 Å². The lowest BCUT2D eigenvalue weighted by Crippen LogP contribution is -2.55. The zero-order chi connectivity index (χ0) is 15.6. The van der Waals surface area contributed by atoms with Crippen molar-refractivity contribution in [1.29, 1.82) is 0 Å². The molecule has 4 aliphatic rings. The molecule has 4 rings (SSSR count). The van der Waals surface area contributed by atoms with Gasteiger partial charge in [0.1, 0.15) is 0 Å². The zero-order valence-corrected chi connectivity index (χ0v) is 14.8. The second-order valence-corrected chi connectivity index (χ2v) is 8.68. The first-order valence-corrected chi connectivity index (χ1v) is 10.4. The van der Waals surface area contributed by atoms with Crippen LogP contribution in [-0.4, -0.2) is 23.0 Å². The molecule has 0 saturated heterocycles. The second-order valence-electron chi connectivity index (χ2n) is 8.68. The van der Waals surface area contributed by atoms with Crippen molar-refractivity contribution in [2.24, 2.45) is 17.8 Å². The van der Waals surface area contributed by atoms with Gasteiger partial charge in [0, 0.05) is 18.1 Å². The Morgan fingerprint density at radius 1 is 0.739 bits per heavy atom. The zero-order valence-electron chi connectivity index (χ0n) is 14.8. The van der Waals surface area contributed by atoms with Crippen molar-refractivity contribution in [3.05, 3.63) is 24.8 Å². The monoisotopic (exact) mass is 313 g/mol. The molecule has 0 spiro atoms. The standard InChI is InChI=1S/C22H35N/c1-2-17-12-15-22-19(16-17)14-13-18-8-6-7-11-21(18)23(22)20-9-4-3-5-10-20/h2,13-14,17-22H,1,3-12,15-16H2. The average Bonchev–Trinajstić information content (AvgIpc) is 2.78. The Hall–Kier alpha value is -0.560. The fraction of sp³-hybridized carbons (Fsp3) is 0.818. The van der Waals surface area contributed by atoms with Gasteiger partial charge in [-0.1, -0.05) is 50.3 Å². The maximum atomic E-state index is 4.09. The molecule has 0 aromatic rings. The highest BCUT2D eigenvalue weighted by Gasteiger charge is 2.43. The highest BCUT2D eigenvalue weighted by molar-refractivity contribution is 5.11. The normalized spacial score (nSPS) is 42.5. The molecule has 5 unspecified atom stereocenters. The van der Waals surface area contributed by atoms with E-state index < -0.39 is 0 Å². The summed E-state index contributed by atoms with van der Waals surface area (Å²) in [5.41, 5.74) is 0. The van der Waals surface area contributed by atoms with Crippen molar-refractivity contribution in [1.82, 2.24) is 4.90 Å². The van der Waals surface area contributed by atoms with Gasteiger partial charge in [-0.25, -0.2) is 0 Å². The molecule has 0 amide bonds. The molecule has 0 bridgehead atoms. The van der Waals surface area contributed by atoms with E-state index >= 15 is 0 Å². The molecule has 5 atom stereocenters. The molecule has 1 nitrogen and oxygen atoms in total. The van der Waals surface area contributed by atoms with Crippen molar-refractivity contribution in [3.63, 3.8) is 0 Å². The third-order valence-electron chi connectivity index (χ3n) is 7.39. The molecule has 0 radical (unpaired) electrons. The first-order chi connectivity index (χ1) is 11.4. The van der Waals surface area contributed by atoms with Gasteiger partial charge in [-0.15, -0.1) is 6.58 Å². The summed E-state index contributed by atoms with van der Waals surface area (Å²) in [4.78, 5) is 3.10. The van der Waals surface area contributed by atoms with E-state index in [1.807, 2.05) is 0 Å². The lowest BCUT2D eigenvalue weighted by Gasteiger charge is -2.50. The average molecular weight is 314 g/mol. The molecule has 3 fully saturated rings. The van der Waals surface area contributed by atoms with Crippen molar-refractivity contribution in [3.8, 4) is 0 Å². The van der Waals surface area contributed by atoms with E-state index in [9.17, 15) is 0 Å². The van der Waals surface area contributed by atoms with E-state index in [1.165, 1.54) is 77.0 Å². The van der Waals surface area contributed by atoms with Crippen LogP contribution in [-0.2, 0) is 0 Å². The molecular formula is C22H35N.